The topological polar surface area (TPSA) is 94.1 Å². The Morgan fingerprint density at radius 1 is 1.18 bits per heavy atom. The van der Waals surface area contributed by atoms with E-state index in [0.717, 1.165) is 57.1 Å². The van der Waals surface area contributed by atoms with E-state index in [1.165, 1.54) is 0 Å². The fraction of sp³-hybridized carbons (Fsp3) is 0.560. The number of ether oxygens (including phenoxy) is 1. The Balaban J connectivity index is 1.06. The number of aromatic hydroxyl groups is 1. The number of carbonyl (C=O) groups excluding carboxylic acids is 1. The molecule has 4 heterocycles. The second kappa shape index (κ2) is 7.46. The SMILES string of the molecule is CC(C)(C)OC(=O)N1CC2(CC(N3CCN4c5cc(-c6ccccc6O)nnc5NC4C3)C2)C1. The van der Waals surface area contributed by atoms with Crippen LogP contribution in [0.25, 0.3) is 11.3 Å². The minimum absolute atomic E-state index is 0.175. The second-order valence-corrected chi connectivity index (χ2v) is 11.2. The van der Waals surface area contributed by atoms with Gasteiger partial charge in [0.25, 0.3) is 0 Å². The van der Waals surface area contributed by atoms with Crippen LogP contribution < -0.4 is 10.2 Å². The van der Waals surface area contributed by atoms with Crippen LogP contribution in [-0.2, 0) is 4.74 Å². The van der Waals surface area contributed by atoms with E-state index in [2.05, 4.69) is 25.3 Å². The Morgan fingerprint density at radius 2 is 1.94 bits per heavy atom. The summed E-state index contributed by atoms with van der Waals surface area (Å²) in [6.07, 6.45) is 2.27. The molecule has 0 bridgehead atoms. The lowest BCUT2D eigenvalue weighted by molar-refractivity contribution is -0.109. The van der Waals surface area contributed by atoms with Crippen molar-refractivity contribution in [2.75, 3.05) is 42.9 Å². The van der Waals surface area contributed by atoms with Crippen LogP contribution in [0.1, 0.15) is 33.6 Å². The molecule has 1 aromatic carbocycles. The smallest absolute Gasteiger partial charge is 0.410 e. The number of nitrogens with one attached hydrogen (secondary N) is 1. The Bertz CT molecular complexity index is 1120. The van der Waals surface area contributed by atoms with Gasteiger partial charge >= 0.3 is 6.09 Å². The van der Waals surface area contributed by atoms with E-state index in [4.69, 9.17) is 4.74 Å². The van der Waals surface area contributed by atoms with Gasteiger partial charge in [-0.25, -0.2) is 4.79 Å². The first-order valence-corrected chi connectivity index (χ1v) is 12.1. The number of nitrogens with zero attached hydrogens (tertiary/aromatic N) is 5. The molecular formula is C25H32N6O3. The molecule has 2 aromatic rings. The first-order chi connectivity index (χ1) is 16.2. The molecule has 1 aromatic heterocycles. The zero-order chi connectivity index (χ0) is 23.7. The summed E-state index contributed by atoms with van der Waals surface area (Å²) in [4.78, 5) is 19.1. The highest BCUT2D eigenvalue weighted by atomic mass is 16.6. The molecule has 180 valence electrons. The molecule has 4 aliphatic rings. The molecule has 9 heteroatoms. The molecule has 6 rings (SSSR count). The lowest BCUT2D eigenvalue weighted by Gasteiger charge is -2.61. The van der Waals surface area contributed by atoms with Gasteiger partial charge in [-0.1, -0.05) is 12.1 Å². The third kappa shape index (κ3) is 3.62. The summed E-state index contributed by atoms with van der Waals surface area (Å²) >= 11 is 0. The zero-order valence-electron chi connectivity index (χ0n) is 20.0. The van der Waals surface area contributed by atoms with Crippen LogP contribution in [-0.4, -0.2) is 81.7 Å². The molecule has 1 amide bonds. The number of carbonyl (C=O) groups is 1. The molecule has 3 fully saturated rings. The van der Waals surface area contributed by atoms with Crippen LogP contribution in [0.4, 0.5) is 16.3 Å². The summed E-state index contributed by atoms with van der Waals surface area (Å²) in [5.74, 6) is 1.02. The van der Waals surface area contributed by atoms with E-state index in [0.29, 0.717) is 17.3 Å². The number of piperazine rings is 1. The van der Waals surface area contributed by atoms with Gasteiger partial charge in [-0.3, -0.25) is 4.90 Å². The molecule has 1 saturated carbocycles. The largest absolute Gasteiger partial charge is 0.507 e. The number of anilines is 2. The quantitative estimate of drug-likeness (QED) is 0.700. The minimum atomic E-state index is -0.444. The number of hydrogen-bond donors (Lipinski definition) is 2. The molecule has 3 aliphatic heterocycles. The second-order valence-electron chi connectivity index (χ2n) is 11.2. The first kappa shape index (κ1) is 21.5. The summed E-state index contributed by atoms with van der Waals surface area (Å²) in [5, 5.41) is 22.5. The number of para-hydroxylation sites is 1. The van der Waals surface area contributed by atoms with Gasteiger partial charge in [-0.15, -0.1) is 10.2 Å². The molecule has 2 saturated heterocycles. The van der Waals surface area contributed by atoms with E-state index >= 15 is 0 Å². The number of benzene rings is 1. The maximum absolute atomic E-state index is 12.3. The third-order valence-corrected chi connectivity index (χ3v) is 7.54. The first-order valence-electron chi connectivity index (χ1n) is 12.1. The molecule has 0 radical (unpaired) electrons. The van der Waals surface area contributed by atoms with E-state index in [1.807, 2.05) is 43.9 Å². The van der Waals surface area contributed by atoms with Crippen molar-refractivity contribution < 1.29 is 14.6 Å². The predicted octanol–water partition coefficient (Wildman–Crippen LogP) is 3.12. The summed E-state index contributed by atoms with van der Waals surface area (Å²) in [6, 6.07) is 9.82. The number of phenols is 1. The number of rotatable bonds is 2. The van der Waals surface area contributed by atoms with Crippen molar-refractivity contribution in [1.29, 1.82) is 0 Å². The Labute approximate surface area is 199 Å². The van der Waals surface area contributed by atoms with Gasteiger partial charge in [-0.2, -0.15) is 0 Å². The van der Waals surface area contributed by atoms with Crippen LogP contribution in [0.3, 0.4) is 0 Å². The highest BCUT2D eigenvalue weighted by Crippen LogP contribution is 2.51. The molecule has 9 nitrogen and oxygen atoms in total. The Kier molecular flexibility index (Phi) is 4.71. The van der Waals surface area contributed by atoms with Gasteiger partial charge in [0, 0.05) is 49.7 Å². The average Bonchev–Trinajstić information content (AvgIpc) is 3.08. The fourth-order valence-electron chi connectivity index (χ4n) is 5.91. The molecule has 1 spiro atoms. The van der Waals surface area contributed by atoms with Crippen molar-refractivity contribution >= 4 is 17.6 Å². The molecule has 34 heavy (non-hydrogen) atoms. The normalized spacial score (nSPS) is 23.6. The molecule has 1 aliphatic carbocycles. The van der Waals surface area contributed by atoms with E-state index in [9.17, 15) is 9.90 Å². The van der Waals surface area contributed by atoms with Crippen LogP contribution in [0.5, 0.6) is 5.75 Å². The van der Waals surface area contributed by atoms with Gasteiger partial charge < -0.3 is 25.0 Å². The number of likely N-dealkylation sites (tertiary alicyclic amines) is 1. The predicted molar refractivity (Wildman–Crippen MR) is 129 cm³/mol. The minimum Gasteiger partial charge on any atom is -0.507 e. The van der Waals surface area contributed by atoms with Crippen molar-refractivity contribution in [2.24, 2.45) is 5.41 Å². The Morgan fingerprint density at radius 3 is 2.68 bits per heavy atom. The van der Waals surface area contributed by atoms with E-state index < -0.39 is 5.60 Å². The van der Waals surface area contributed by atoms with Gasteiger partial charge in [0.1, 0.15) is 17.5 Å². The standard InChI is InChI=1S/C25H32N6O3/c1-24(2,3)34-23(33)30-14-25(15-30)11-16(12-25)29-8-9-31-19-10-18(17-6-4-5-7-20(17)32)27-28-22(19)26-21(31)13-29/h4-7,10,16,21,32H,8-9,11-15H2,1-3H3,(H,26,28). The molecule has 1 atom stereocenters. The zero-order valence-corrected chi connectivity index (χ0v) is 20.0. The number of fused-ring (bicyclic) bond motifs is 3. The van der Waals surface area contributed by atoms with Gasteiger partial charge in [0.15, 0.2) is 5.82 Å². The summed E-state index contributed by atoms with van der Waals surface area (Å²) < 4.78 is 5.51. The van der Waals surface area contributed by atoms with Gasteiger partial charge in [-0.05, 0) is 51.8 Å². The third-order valence-electron chi connectivity index (χ3n) is 7.54. The van der Waals surface area contributed by atoms with Crippen molar-refractivity contribution in [3.8, 4) is 17.0 Å². The Hall–Kier alpha value is -3.07. The van der Waals surface area contributed by atoms with Crippen LogP contribution in [0.15, 0.2) is 30.3 Å². The number of aromatic nitrogens is 2. The number of amides is 1. The average molecular weight is 465 g/mol. The lowest BCUT2D eigenvalue weighted by atomic mass is 9.60. The van der Waals surface area contributed by atoms with Gasteiger partial charge in [0.2, 0.25) is 0 Å². The van der Waals surface area contributed by atoms with Gasteiger partial charge in [0.05, 0.1) is 11.4 Å². The van der Waals surface area contributed by atoms with E-state index in [1.54, 1.807) is 12.1 Å². The molecule has 2 N–H and O–H groups in total. The maximum Gasteiger partial charge on any atom is 0.410 e. The van der Waals surface area contributed by atoms with Crippen molar-refractivity contribution in [3.05, 3.63) is 30.3 Å². The van der Waals surface area contributed by atoms with Crippen LogP contribution in [0, 0.1) is 5.41 Å². The van der Waals surface area contributed by atoms with Crippen molar-refractivity contribution in [3.63, 3.8) is 0 Å². The van der Waals surface area contributed by atoms with Crippen molar-refractivity contribution in [2.45, 2.75) is 51.4 Å². The van der Waals surface area contributed by atoms with E-state index in [-0.39, 0.29) is 23.4 Å². The maximum atomic E-state index is 12.3. The fourth-order valence-corrected chi connectivity index (χ4v) is 5.91. The lowest BCUT2D eigenvalue weighted by Crippen LogP contribution is -2.69. The molecule has 1 unspecified atom stereocenters. The number of hydrogen-bond acceptors (Lipinski definition) is 8. The summed E-state index contributed by atoms with van der Waals surface area (Å²) in [7, 11) is 0. The van der Waals surface area contributed by atoms with Crippen LogP contribution >= 0.6 is 0 Å². The highest BCUT2D eigenvalue weighted by Gasteiger charge is 2.56. The highest BCUT2D eigenvalue weighted by molar-refractivity contribution is 5.78. The summed E-state index contributed by atoms with van der Waals surface area (Å²) in [6.45, 7) is 10.2. The monoisotopic (exact) mass is 464 g/mol. The molecular weight excluding hydrogens is 432 g/mol. The number of phenolic OH excluding ortho intramolecular Hbond substituents is 1. The van der Waals surface area contributed by atoms with Crippen molar-refractivity contribution in [1.82, 2.24) is 20.0 Å². The summed E-state index contributed by atoms with van der Waals surface area (Å²) in [5.41, 5.74) is 2.26. The van der Waals surface area contributed by atoms with Crippen LogP contribution in [0.2, 0.25) is 0 Å².